The summed E-state index contributed by atoms with van der Waals surface area (Å²) in [4.78, 5) is 32.1. The van der Waals surface area contributed by atoms with Crippen LogP contribution in [0.3, 0.4) is 0 Å². The lowest BCUT2D eigenvalue weighted by Gasteiger charge is -2.34. The van der Waals surface area contributed by atoms with Gasteiger partial charge in [0.25, 0.3) is 11.8 Å². The second-order valence-corrected chi connectivity index (χ2v) is 7.76. The van der Waals surface area contributed by atoms with Crippen molar-refractivity contribution < 1.29 is 14.7 Å². The first-order valence-electron chi connectivity index (χ1n) is 10.2. The summed E-state index contributed by atoms with van der Waals surface area (Å²) in [5.41, 5.74) is 3.70. The number of hydrogen-bond acceptors (Lipinski definition) is 5. The smallest absolute Gasteiger partial charge is 0.263 e. The van der Waals surface area contributed by atoms with Gasteiger partial charge in [0.05, 0.1) is 17.7 Å². The highest BCUT2D eigenvalue weighted by molar-refractivity contribution is 6.22. The predicted octanol–water partition coefficient (Wildman–Crippen LogP) is 1.30. The Morgan fingerprint density at radius 3 is 1.83 bits per heavy atom. The molecule has 7 heteroatoms. The lowest BCUT2D eigenvalue weighted by atomic mass is 10.1. The summed E-state index contributed by atoms with van der Waals surface area (Å²) in [6.45, 7) is 9.40. The molecule has 1 aromatic heterocycles. The van der Waals surface area contributed by atoms with Crippen LogP contribution in [0.1, 0.15) is 32.1 Å². The molecule has 0 spiro atoms. The Morgan fingerprint density at radius 1 is 0.793 bits per heavy atom. The molecule has 0 bridgehead atoms. The van der Waals surface area contributed by atoms with Gasteiger partial charge >= 0.3 is 0 Å². The number of benzene rings is 1. The zero-order valence-electron chi connectivity index (χ0n) is 17.1. The molecular weight excluding hydrogens is 368 g/mol. The number of imide groups is 1. The number of β-amino-alcohol motifs (C(OH)–C–C–N with tert-alkyl or cyclic N) is 1. The van der Waals surface area contributed by atoms with E-state index in [1.165, 1.54) is 4.90 Å². The number of rotatable bonds is 6. The SMILES string of the molecule is Cc1c2c(c(C)n1-c1ccccc1)C(=O)N(CCN1CCN(CCO)CC1)C2=O. The average molecular weight is 396 g/mol. The Morgan fingerprint density at radius 2 is 1.31 bits per heavy atom. The van der Waals surface area contributed by atoms with Crippen molar-refractivity contribution >= 4 is 11.8 Å². The normalized spacial score (nSPS) is 18.0. The van der Waals surface area contributed by atoms with Gasteiger partial charge in [-0.25, -0.2) is 0 Å². The van der Waals surface area contributed by atoms with Gasteiger partial charge in [0.2, 0.25) is 0 Å². The zero-order valence-corrected chi connectivity index (χ0v) is 17.1. The maximum Gasteiger partial charge on any atom is 0.263 e. The maximum absolute atomic E-state index is 13.1. The first-order chi connectivity index (χ1) is 14.0. The van der Waals surface area contributed by atoms with Crippen molar-refractivity contribution in [2.75, 3.05) is 52.4 Å². The van der Waals surface area contributed by atoms with Crippen LogP contribution < -0.4 is 0 Å². The fraction of sp³-hybridized carbons (Fsp3) is 0.455. The van der Waals surface area contributed by atoms with Gasteiger partial charge in [-0.15, -0.1) is 0 Å². The molecule has 4 rings (SSSR count). The van der Waals surface area contributed by atoms with Gasteiger partial charge in [-0.05, 0) is 26.0 Å². The summed E-state index contributed by atoms with van der Waals surface area (Å²) in [5.74, 6) is -0.363. The first kappa shape index (κ1) is 19.8. The monoisotopic (exact) mass is 396 g/mol. The Kier molecular flexibility index (Phi) is 5.54. The van der Waals surface area contributed by atoms with Crippen LogP contribution in [0.5, 0.6) is 0 Å². The van der Waals surface area contributed by atoms with Crippen molar-refractivity contribution in [2.45, 2.75) is 13.8 Å². The van der Waals surface area contributed by atoms with Crippen LogP contribution in [0.15, 0.2) is 30.3 Å². The number of aliphatic hydroxyl groups excluding tert-OH is 1. The number of carbonyl (C=O) groups is 2. The van der Waals surface area contributed by atoms with E-state index in [1.54, 1.807) is 0 Å². The molecule has 0 radical (unpaired) electrons. The highest BCUT2D eigenvalue weighted by atomic mass is 16.3. The second-order valence-electron chi connectivity index (χ2n) is 7.76. The highest BCUT2D eigenvalue weighted by Crippen LogP contribution is 2.33. The molecule has 2 amide bonds. The van der Waals surface area contributed by atoms with Crippen molar-refractivity contribution in [2.24, 2.45) is 0 Å². The number of hydrogen-bond donors (Lipinski definition) is 1. The number of aromatic nitrogens is 1. The third kappa shape index (κ3) is 3.50. The van der Waals surface area contributed by atoms with Gasteiger partial charge in [0.15, 0.2) is 0 Å². The summed E-state index contributed by atoms with van der Waals surface area (Å²) < 4.78 is 2.00. The Balaban J connectivity index is 1.47. The topological polar surface area (TPSA) is 69.0 Å². The second kappa shape index (κ2) is 8.10. The molecular formula is C22H28N4O3. The fourth-order valence-corrected chi connectivity index (χ4v) is 4.51. The van der Waals surface area contributed by atoms with Gasteiger partial charge in [0.1, 0.15) is 0 Å². The van der Waals surface area contributed by atoms with Crippen molar-refractivity contribution in [3.8, 4) is 5.69 Å². The third-order valence-electron chi connectivity index (χ3n) is 6.10. The number of aliphatic hydroxyl groups is 1. The Bertz CT molecular complexity index is 874. The lowest BCUT2D eigenvalue weighted by molar-refractivity contribution is 0.0606. The minimum atomic E-state index is -0.181. The largest absolute Gasteiger partial charge is 0.395 e. The van der Waals surface area contributed by atoms with Crippen LogP contribution in [0.2, 0.25) is 0 Å². The Hall–Kier alpha value is -2.48. The molecule has 0 atom stereocenters. The van der Waals surface area contributed by atoms with Crippen LogP contribution in [-0.2, 0) is 0 Å². The molecule has 7 nitrogen and oxygen atoms in total. The van der Waals surface area contributed by atoms with Gasteiger partial charge in [-0.3, -0.25) is 24.3 Å². The van der Waals surface area contributed by atoms with E-state index in [9.17, 15) is 9.59 Å². The molecule has 2 aliphatic heterocycles. The summed E-state index contributed by atoms with van der Waals surface area (Å²) in [5, 5.41) is 9.05. The number of carbonyl (C=O) groups excluding carboxylic acids is 2. The van der Waals surface area contributed by atoms with Crippen LogP contribution >= 0.6 is 0 Å². The number of para-hydroxylation sites is 1. The summed E-state index contributed by atoms with van der Waals surface area (Å²) in [6, 6.07) is 9.83. The van der Waals surface area contributed by atoms with Crippen molar-refractivity contribution in [1.29, 1.82) is 0 Å². The van der Waals surface area contributed by atoms with Crippen molar-refractivity contribution in [3.63, 3.8) is 0 Å². The zero-order chi connectivity index (χ0) is 20.5. The molecule has 1 aromatic carbocycles. The third-order valence-corrected chi connectivity index (χ3v) is 6.10. The first-order valence-corrected chi connectivity index (χ1v) is 10.2. The van der Waals surface area contributed by atoms with Gasteiger partial charge in [0, 0.05) is 62.9 Å². The quantitative estimate of drug-likeness (QED) is 0.746. The average Bonchev–Trinajstić information content (AvgIpc) is 3.14. The van der Waals surface area contributed by atoms with Crippen LogP contribution in [0, 0.1) is 13.8 Å². The van der Waals surface area contributed by atoms with E-state index >= 15 is 0 Å². The van der Waals surface area contributed by atoms with E-state index in [0.717, 1.165) is 43.3 Å². The van der Waals surface area contributed by atoms with E-state index in [4.69, 9.17) is 5.11 Å². The van der Waals surface area contributed by atoms with Crippen LogP contribution in [0.4, 0.5) is 0 Å². The number of nitrogens with zero attached hydrogens (tertiary/aromatic N) is 4. The minimum Gasteiger partial charge on any atom is -0.395 e. The van der Waals surface area contributed by atoms with Gasteiger partial charge in [-0.1, -0.05) is 18.2 Å². The van der Waals surface area contributed by atoms with E-state index in [0.29, 0.717) is 30.8 Å². The molecule has 1 fully saturated rings. The molecule has 2 aliphatic rings. The van der Waals surface area contributed by atoms with Crippen LogP contribution in [-0.4, -0.2) is 88.6 Å². The molecule has 0 aliphatic carbocycles. The number of amides is 2. The van der Waals surface area contributed by atoms with Crippen molar-refractivity contribution in [3.05, 3.63) is 52.8 Å². The summed E-state index contributed by atoms with van der Waals surface area (Å²) in [6.07, 6.45) is 0. The van der Waals surface area contributed by atoms with E-state index < -0.39 is 0 Å². The Labute approximate surface area is 171 Å². The van der Waals surface area contributed by atoms with Crippen molar-refractivity contribution in [1.82, 2.24) is 19.3 Å². The standard InChI is InChI=1S/C22H28N4O3/c1-16-19-20(17(2)26(16)18-6-4-3-5-7-18)22(29)25(21(19)28)13-12-23-8-10-24(11-9-23)14-15-27/h3-7,27H,8-15H2,1-2H3. The maximum atomic E-state index is 13.1. The molecule has 1 N–H and O–H groups in total. The van der Waals surface area contributed by atoms with Gasteiger partial charge in [-0.2, -0.15) is 0 Å². The number of piperazine rings is 1. The minimum absolute atomic E-state index is 0.180. The molecule has 0 unspecified atom stereocenters. The summed E-state index contributed by atoms with van der Waals surface area (Å²) in [7, 11) is 0. The van der Waals surface area contributed by atoms with E-state index in [-0.39, 0.29) is 18.4 Å². The molecule has 154 valence electrons. The van der Waals surface area contributed by atoms with E-state index in [2.05, 4.69) is 9.80 Å². The fourth-order valence-electron chi connectivity index (χ4n) is 4.51. The molecule has 1 saturated heterocycles. The highest BCUT2D eigenvalue weighted by Gasteiger charge is 2.41. The predicted molar refractivity (Wildman–Crippen MR) is 111 cm³/mol. The summed E-state index contributed by atoms with van der Waals surface area (Å²) >= 11 is 0. The molecule has 3 heterocycles. The van der Waals surface area contributed by atoms with Gasteiger partial charge < -0.3 is 9.67 Å². The number of fused-ring (bicyclic) bond motifs is 1. The molecule has 29 heavy (non-hydrogen) atoms. The molecule has 0 saturated carbocycles. The van der Waals surface area contributed by atoms with Crippen LogP contribution in [0.25, 0.3) is 5.69 Å². The molecule has 2 aromatic rings. The van der Waals surface area contributed by atoms with E-state index in [1.807, 2.05) is 48.7 Å². The lowest BCUT2D eigenvalue weighted by Crippen LogP contribution is -2.49.